The predicted octanol–water partition coefficient (Wildman–Crippen LogP) is 2.33. The third-order valence-electron chi connectivity index (χ3n) is 4.60. The van der Waals surface area contributed by atoms with E-state index in [1.807, 2.05) is 35.2 Å². The lowest BCUT2D eigenvalue weighted by molar-refractivity contribution is -0.129. The Kier molecular flexibility index (Phi) is 4.18. The summed E-state index contributed by atoms with van der Waals surface area (Å²) in [7, 11) is 0. The minimum absolute atomic E-state index is 0.139. The molecule has 2 fully saturated rings. The first-order chi connectivity index (χ1) is 11.7. The van der Waals surface area contributed by atoms with Crippen LogP contribution in [0.1, 0.15) is 48.2 Å². The number of thioether (sulfide) groups is 1. The molecule has 1 saturated carbocycles. The van der Waals surface area contributed by atoms with Crippen LogP contribution in [-0.4, -0.2) is 38.8 Å². The van der Waals surface area contributed by atoms with Crippen LogP contribution in [0.4, 0.5) is 0 Å². The summed E-state index contributed by atoms with van der Waals surface area (Å²) in [6, 6.07) is 9.86. The van der Waals surface area contributed by atoms with Crippen molar-refractivity contribution in [2.24, 2.45) is 0 Å². The molecule has 1 aromatic carbocycles. The van der Waals surface area contributed by atoms with E-state index in [0.29, 0.717) is 11.1 Å². The van der Waals surface area contributed by atoms with Crippen molar-refractivity contribution in [1.29, 1.82) is 0 Å². The van der Waals surface area contributed by atoms with Crippen molar-refractivity contribution in [3.63, 3.8) is 0 Å². The summed E-state index contributed by atoms with van der Waals surface area (Å²) in [6.45, 7) is 1.68. The number of benzene rings is 1. The molecule has 24 heavy (non-hydrogen) atoms. The monoisotopic (exact) mass is 343 g/mol. The average Bonchev–Trinajstić information content (AvgIpc) is 3.17. The Bertz CT molecular complexity index is 722. The van der Waals surface area contributed by atoms with Gasteiger partial charge in [-0.05, 0) is 31.2 Å². The number of nitrogen functional groups attached to an aromatic ring is 1. The second-order valence-electron chi connectivity index (χ2n) is 6.43. The molecule has 0 bridgehead atoms. The van der Waals surface area contributed by atoms with Crippen molar-refractivity contribution in [1.82, 2.24) is 19.8 Å². The van der Waals surface area contributed by atoms with Crippen molar-refractivity contribution in [3.8, 4) is 0 Å². The summed E-state index contributed by atoms with van der Waals surface area (Å²) in [5.74, 6) is 7.57. The Morgan fingerprint density at radius 2 is 1.88 bits per heavy atom. The molecule has 0 radical (unpaired) electrons. The van der Waals surface area contributed by atoms with Crippen LogP contribution < -0.4 is 5.84 Å². The number of amides is 1. The minimum Gasteiger partial charge on any atom is -0.341 e. The average molecular weight is 343 g/mol. The maximum atomic E-state index is 13.0. The van der Waals surface area contributed by atoms with Crippen LogP contribution in [0.25, 0.3) is 0 Å². The van der Waals surface area contributed by atoms with Gasteiger partial charge < -0.3 is 10.7 Å². The molecule has 1 atom stereocenters. The van der Waals surface area contributed by atoms with E-state index < -0.39 is 0 Å². The third kappa shape index (κ3) is 3.00. The summed E-state index contributed by atoms with van der Waals surface area (Å²) in [4.78, 5) is 15.0. The molecule has 0 spiro atoms. The number of hydrogen-bond donors (Lipinski definition) is 1. The fourth-order valence-electron chi connectivity index (χ4n) is 3.09. The molecule has 4 rings (SSSR count). The fourth-order valence-corrected chi connectivity index (χ4v) is 4.14. The summed E-state index contributed by atoms with van der Waals surface area (Å²) in [6.07, 6.45) is 4.40. The molecule has 1 amide bonds. The Hall–Kier alpha value is -2.02. The summed E-state index contributed by atoms with van der Waals surface area (Å²) in [5.41, 5.74) is 0.982. The molecular formula is C17H21N5OS. The quantitative estimate of drug-likeness (QED) is 0.666. The summed E-state index contributed by atoms with van der Waals surface area (Å²) in [5, 5.41) is 8.73. The Balaban J connectivity index is 1.61. The fraction of sp³-hybridized carbons (Fsp3) is 0.471. The van der Waals surface area contributed by atoms with E-state index in [9.17, 15) is 4.79 Å². The largest absolute Gasteiger partial charge is 0.341 e. The maximum Gasteiger partial charge on any atom is 0.240 e. The lowest BCUT2D eigenvalue weighted by Gasteiger charge is -2.22. The zero-order valence-electron chi connectivity index (χ0n) is 13.5. The predicted molar refractivity (Wildman–Crippen MR) is 93.0 cm³/mol. The topological polar surface area (TPSA) is 77.0 Å². The van der Waals surface area contributed by atoms with Gasteiger partial charge in [-0.15, -0.1) is 10.2 Å². The minimum atomic E-state index is -0.331. The number of nitrogens with two attached hydrogens (primary N) is 1. The lowest BCUT2D eigenvalue weighted by Crippen LogP contribution is -2.31. The molecular weight excluding hydrogens is 322 g/mol. The highest BCUT2D eigenvalue weighted by atomic mass is 32.2. The lowest BCUT2D eigenvalue weighted by atomic mass is 10.1. The van der Waals surface area contributed by atoms with Gasteiger partial charge in [-0.1, -0.05) is 42.1 Å². The number of hydrogen-bond acceptors (Lipinski definition) is 5. The van der Waals surface area contributed by atoms with Crippen LogP contribution in [0.3, 0.4) is 0 Å². The molecule has 2 heterocycles. The van der Waals surface area contributed by atoms with Crippen molar-refractivity contribution in [3.05, 3.63) is 41.7 Å². The van der Waals surface area contributed by atoms with E-state index in [0.717, 1.165) is 50.2 Å². The van der Waals surface area contributed by atoms with Crippen molar-refractivity contribution >= 4 is 17.7 Å². The van der Waals surface area contributed by atoms with Gasteiger partial charge >= 0.3 is 0 Å². The van der Waals surface area contributed by atoms with Crippen molar-refractivity contribution in [2.45, 2.75) is 42.0 Å². The van der Waals surface area contributed by atoms with Gasteiger partial charge in [0.1, 0.15) is 5.25 Å². The molecule has 7 heteroatoms. The molecule has 1 saturated heterocycles. The number of rotatable bonds is 5. The first kappa shape index (κ1) is 15.5. The molecule has 1 aliphatic carbocycles. The van der Waals surface area contributed by atoms with Gasteiger partial charge in [-0.3, -0.25) is 4.79 Å². The number of carbonyl (C=O) groups excluding carboxylic acids is 1. The second kappa shape index (κ2) is 6.47. The van der Waals surface area contributed by atoms with Crippen LogP contribution in [0.15, 0.2) is 35.5 Å². The summed E-state index contributed by atoms with van der Waals surface area (Å²) >= 11 is 1.40. The van der Waals surface area contributed by atoms with Crippen LogP contribution in [0, 0.1) is 0 Å². The van der Waals surface area contributed by atoms with Gasteiger partial charge in [-0.25, -0.2) is 4.68 Å². The zero-order valence-corrected chi connectivity index (χ0v) is 14.3. The highest BCUT2D eigenvalue weighted by Crippen LogP contribution is 2.41. The smallest absolute Gasteiger partial charge is 0.240 e. The van der Waals surface area contributed by atoms with E-state index in [4.69, 9.17) is 5.84 Å². The molecule has 126 valence electrons. The first-order valence-corrected chi connectivity index (χ1v) is 9.33. The Morgan fingerprint density at radius 1 is 1.17 bits per heavy atom. The highest BCUT2D eigenvalue weighted by Gasteiger charge is 2.33. The molecule has 2 aliphatic rings. The standard InChI is InChI=1S/C17H21N5OS/c18-22-15(13-8-9-13)19-20-17(22)24-14(12-6-2-1-3-7-12)16(23)21-10-4-5-11-21/h1-3,6-7,13-14H,4-5,8-11,18H2/t14-/m1/s1. The van der Waals surface area contributed by atoms with Gasteiger partial charge in [0.25, 0.3) is 0 Å². The van der Waals surface area contributed by atoms with Gasteiger partial charge in [0.05, 0.1) is 0 Å². The van der Waals surface area contributed by atoms with Gasteiger partial charge in [0, 0.05) is 19.0 Å². The van der Waals surface area contributed by atoms with E-state index >= 15 is 0 Å². The van der Waals surface area contributed by atoms with Crippen LogP contribution in [-0.2, 0) is 4.79 Å². The first-order valence-electron chi connectivity index (χ1n) is 8.45. The maximum absolute atomic E-state index is 13.0. The van der Waals surface area contributed by atoms with E-state index in [1.54, 1.807) is 4.68 Å². The number of carbonyl (C=O) groups is 1. The number of nitrogens with zero attached hydrogens (tertiary/aromatic N) is 4. The molecule has 1 aromatic heterocycles. The van der Waals surface area contributed by atoms with E-state index in [-0.39, 0.29) is 11.2 Å². The van der Waals surface area contributed by atoms with Crippen LogP contribution in [0.2, 0.25) is 0 Å². The van der Waals surface area contributed by atoms with Gasteiger partial charge in [0.2, 0.25) is 11.1 Å². The molecule has 2 N–H and O–H groups in total. The summed E-state index contributed by atoms with van der Waals surface area (Å²) < 4.78 is 1.57. The number of aromatic nitrogens is 3. The molecule has 2 aromatic rings. The Morgan fingerprint density at radius 3 is 2.54 bits per heavy atom. The van der Waals surface area contributed by atoms with E-state index in [1.165, 1.54) is 11.8 Å². The van der Waals surface area contributed by atoms with Gasteiger partial charge in [-0.2, -0.15) is 0 Å². The van der Waals surface area contributed by atoms with Crippen LogP contribution >= 0.6 is 11.8 Å². The van der Waals surface area contributed by atoms with Crippen LogP contribution in [0.5, 0.6) is 0 Å². The normalized spacial score (nSPS) is 18.8. The molecule has 1 aliphatic heterocycles. The van der Waals surface area contributed by atoms with E-state index in [2.05, 4.69) is 10.2 Å². The molecule has 0 unspecified atom stereocenters. The molecule has 6 nitrogen and oxygen atoms in total. The number of likely N-dealkylation sites (tertiary alicyclic amines) is 1. The zero-order chi connectivity index (χ0) is 16.5. The highest BCUT2D eigenvalue weighted by molar-refractivity contribution is 8.00. The third-order valence-corrected chi connectivity index (χ3v) is 5.80. The Labute approximate surface area is 145 Å². The van der Waals surface area contributed by atoms with Crippen molar-refractivity contribution < 1.29 is 4.79 Å². The second-order valence-corrected chi connectivity index (χ2v) is 7.50. The van der Waals surface area contributed by atoms with Crippen molar-refractivity contribution in [2.75, 3.05) is 18.9 Å². The van der Waals surface area contributed by atoms with Gasteiger partial charge in [0.15, 0.2) is 5.82 Å². The SMILES string of the molecule is Nn1c(S[C@@H](C(=O)N2CCCC2)c2ccccc2)nnc1C1CC1.